The summed E-state index contributed by atoms with van der Waals surface area (Å²) in [4.78, 5) is 23.8. The number of alkyl halides is 3. The van der Waals surface area contributed by atoms with Crippen molar-refractivity contribution in [3.63, 3.8) is 0 Å². The van der Waals surface area contributed by atoms with Crippen molar-refractivity contribution >= 4 is 58.6 Å². The zero-order chi connectivity index (χ0) is 31.4. The number of rotatable bonds is 11. The van der Waals surface area contributed by atoms with Gasteiger partial charge >= 0.3 is 0 Å². The average molecular weight is 665 g/mol. The number of halogens is 3. The van der Waals surface area contributed by atoms with Crippen molar-refractivity contribution in [3.05, 3.63) is 12.2 Å². The molecule has 1 aliphatic carbocycles. The largest absolute Gasteiger partial charge is 0.394 e. The summed E-state index contributed by atoms with van der Waals surface area (Å²) in [5, 5.41) is 104. The van der Waals surface area contributed by atoms with Crippen molar-refractivity contribution in [2.24, 2.45) is 11.8 Å². The number of hydrogen-bond acceptors (Lipinski definition) is 15. The third kappa shape index (κ3) is 12.5. The molecule has 2 amide bonds. The Balaban J connectivity index is 0.000000583. The molecule has 1 fully saturated rings. The Kier molecular flexibility index (Phi) is 18.8. The number of aliphatic hydroxyl groups excluding tert-OH is 12. The standard InChI is InChI=1S/C9H8Cl3NO2S.2C6H14O6/c10-9(11,12)16-13-7(14)5-3-1-2-4-6(5)8(13)15;2*7-1-3(9)5(11)6(12)4(10)2-8/h1-2,5-6H,3-4H2;2*3-12H,1-2H2/t;2*3-,4+,5-,6-/m.11/s1. The average Bonchev–Trinajstić information content (AvgIpc) is 3.18. The maximum atomic E-state index is 11.9. The highest BCUT2D eigenvalue weighted by atomic mass is 35.6. The third-order valence-electron chi connectivity index (χ3n) is 5.69. The number of hydrogen-bond donors (Lipinski definition) is 12. The lowest BCUT2D eigenvalue weighted by Crippen LogP contribution is -2.46. The lowest BCUT2D eigenvalue weighted by atomic mass is 9.85. The summed E-state index contributed by atoms with van der Waals surface area (Å²) in [5.41, 5.74) is 0. The predicted octanol–water partition coefficient (Wildman–Crippen LogP) is -4.26. The molecule has 0 aromatic rings. The molecule has 236 valence electrons. The number of carbonyl (C=O) groups is 2. The van der Waals surface area contributed by atoms with Crippen LogP contribution in [0.15, 0.2) is 12.2 Å². The minimum absolute atomic E-state index is 0.254. The van der Waals surface area contributed by atoms with Crippen LogP contribution in [0.2, 0.25) is 0 Å². The summed E-state index contributed by atoms with van der Waals surface area (Å²) in [5.74, 6) is -1.07. The maximum Gasteiger partial charge on any atom is 0.256 e. The van der Waals surface area contributed by atoms with E-state index in [1.54, 1.807) is 0 Å². The van der Waals surface area contributed by atoms with Crippen LogP contribution in [0.5, 0.6) is 0 Å². The molecular formula is C21H36Cl3NO14S. The molecule has 0 bridgehead atoms. The fourth-order valence-electron chi connectivity index (χ4n) is 3.31. The molecule has 0 radical (unpaired) electrons. The van der Waals surface area contributed by atoms with Gasteiger partial charge in [-0.05, 0) is 12.8 Å². The van der Waals surface area contributed by atoms with Crippen molar-refractivity contribution in [2.75, 3.05) is 26.4 Å². The van der Waals surface area contributed by atoms with Gasteiger partial charge in [-0.1, -0.05) is 47.0 Å². The summed E-state index contributed by atoms with van der Waals surface area (Å²) in [6, 6.07) is 0. The molecule has 10 atom stereocenters. The molecule has 19 heteroatoms. The fourth-order valence-corrected chi connectivity index (χ4v) is 4.58. The van der Waals surface area contributed by atoms with Crippen molar-refractivity contribution in [3.8, 4) is 0 Å². The van der Waals surface area contributed by atoms with Gasteiger partial charge in [0.1, 0.15) is 48.8 Å². The van der Waals surface area contributed by atoms with E-state index >= 15 is 0 Å². The van der Waals surface area contributed by atoms with Crippen LogP contribution >= 0.6 is 46.8 Å². The molecule has 40 heavy (non-hydrogen) atoms. The summed E-state index contributed by atoms with van der Waals surface area (Å²) < 4.78 is -0.693. The maximum absolute atomic E-state index is 11.9. The smallest absolute Gasteiger partial charge is 0.256 e. The van der Waals surface area contributed by atoms with E-state index in [1.165, 1.54) is 0 Å². The molecule has 12 N–H and O–H groups in total. The molecule has 1 heterocycles. The Hall–Kier alpha value is -0.380. The third-order valence-corrected chi connectivity index (χ3v) is 7.06. The molecule has 0 saturated carbocycles. The van der Waals surface area contributed by atoms with Crippen molar-refractivity contribution in [2.45, 2.75) is 64.8 Å². The fraction of sp³-hybridized carbons (Fsp3) is 0.810. The normalized spacial score (nSPS) is 24.8. The van der Waals surface area contributed by atoms with E-state index in [0.29, 0.717) is 24.8 Å². The van der Waals surface area contributed by atoms with Crippen LogP contribution in [0.25, 0.3) is 0 Å². The lowest BCUT2D eigenvalue weighted by molar-refractivity contribution is -0.133. The number of carbonyl (C=O) groups excluding carboxylic acids is 2. The number of imide groups is 1. The van der Waals surface area contributed by atoms with Crippen LogP contribution in [-0.2, 0) is 9.59 Å². The Bertz CT molecular complexity index is 712. The van der Waals surface area contributed by atoms with Crippen LogP contribution in [0, 0.1) is 11.8 Å². The molecule has 0 aromatic carbocycles. The minimum Gasteiger partial charge on any atom is -0.394 e. The molecule has 1 aliphatic heterocycles. The van der Waals surface area contributed by atoms with Crippen LogP contribution < -0.4 is 0 Å². The minimum atomic E-state index is -1.69. The van der Waals surface area contributed by atoms with E-state index in [0.717, 1.165) is 4.31 Å². The molecule has 15 nitrogen and oxygen atoms in total. The number of aliphatic hydroxyl groups is 12. The van der Waals surface area contributed by atoms with Gasteiger partial charge in [0.05, 0.1) is 38.3 Å². The van der Waals surface area contributed by atoms with Crippen molar-refractivity contribution in [1.82, 2.24) is 4.31 Å². The van der Waals surface area contributed by atoms with E-state index in [-0.39, 0.29) is 23.7 Å². The van der Waals surface area contributed by atoms with E-state index in [1.807, 2.05) is 12.2 Å². The lowest BCUT2D eigenvalue weighted by Gasteiger charge is -2.24. The second kappa shape index (κ2) is 19.0. The summed E-state index contributed by atoms with van der Waals surface area (Å²) in [6.45, 7) is -2.90. The number of fused-ring (bicyclic) bond motifs is 1. The number of allylic oxidation sites excluding steroid dienone is 2. The second-order valence-corrected chi connectivity index (χ2v) is 12.7. The zero-order valence-electron chi connectivity index (χ0n) is 20.8. The van der Waals surface area contributed by atoms with Gasteiger partial charge in [0, 0.05) is 11.9 Å². The summed E-state index contributed by atoms with van der Waals surface area (Å²) in [6.07, 6.45) is -7.78. The van der Waals surface area contributed by atoms with Gasteiger partial charge in [-0.2, -0.15) is 0 Å². The number of nitrogens with zero attached hydrogens (tertiary/aromatic N) is 1. The van der Waals surface area contributed by atoms with E-state index in [2.05, 4.69) is 0 Å². The Morgan fingerprint density at radius 2 is 0.900 bits per heavy atom. The Morgan fingerprint density at radius 3 is 1.10 bits per heavy atom. The quantitative estimate of drug-likeness (QED) is 0.0431. The van der Waals surface area contributed by atoms with Crippen molar-refractivity contribution < 1.29 is 70.9 Å². The van der Waals surface area contributed by atoms with Gasteiger partial charge in [0.2, 0.25) is 11.8 Å². The first-order valence-corrected chi connectivity index (χ1v) is 13.6. The van der Waals surface area contributed by atoms with Crippen LogP contribution in [0.1, 0.15) is 12.8 Å². The van der Waals surface area contributed by atoms with Gasteiger partial charge in [0.25, 0.3) is 3.12 Å². The van der Waals surface area contributed by atoms with E-state index < -0.39 is 78.4 Å². The Labute approximate surface area is 248 Å². The highest BCUT2D eigenvalue weighted by molar-refractivity contribution is 8.03. The highest BCUT2D eigenvalue weighted by Crippen LogP contribution is 2.46. The molecule has 2 rings (SSSR count). The van der Waals surface area contributed by atoms with Gasteiger partial charge in [0.15, 0.2) is 0 Å². The first-order valence-electron chi connectivity index (χ1n) is 11.6. The second-order valence-electron chi connectivity index (χ2n) is 8.63. The topological polar surface area (TPSA) is 280 Å². The highest BCUT2D eigenvalue weighted by Gasteiger charge is 2.50. The van der Waals surface area contributed by atoms with Gasteiger partial charge in [-0.3, -0.25) is 9.59 Å². The monoisotopic (exact) mass is 663 g/mol. The Morgan fingerprint density at radius 1 is 0.650 bits per heavy atom. The summed E-state index contributed by atoms with van der Waals surface area (Å²) >= 11 is 17.4. The zero-order valence-corrected chi connectivity index (χ0v) is 23.9. The first-order chi connectivity index (χ1) is 18.5. The first kappa shape index (κ1) is 39.6. The van der Waals surface area contributed by atoms with Gasteiger partial charge in [-0.25, -0.2) is 4.31 Å². The SMILES string of the molecule is O=C1C2CC=CCC2C(=O)N1SC(Cl)(Cl)Cl.OC[C@@H](O)[C@@H](O)[C@H](O)[C@@H](O)CO.OC[C@@H](O)[C@@H](O)[C@H](O)[C@@H](O)CO. The molecule has 2 unspecified atom stereocenters. The van der Waals surface area contributed by atoms with Gasteiger partial charge in [-0.15, -0.1) is 0 Å². The van der Waals surface area contributed by atoms with Crippen molar-refractivity contribution in [1.29, 1.82) is 0 Å². The molecule has 1 saturated heterocycles. The molecule has 2 aliphatic rings. The van der Waals surface area contributed by atoms with Crippen LogP contribution in [-0.4, -0.2) is 156 Å². The molecule has 0 spiro atoms. The van der Waals surface area contributed by atoms with E-state index in [9.17, 15) is 9.59 Å². The van der Waals surface area contributed by atoms with Gasteiger partial charge < -0.3 is 61.3 Å². The van der Waals surface area contributed by atoms with E-state index in [4.69, 9.17) is 96.1 Å². The molecular weight excluding hydrogens is 629 g/mol. The summed E-state index contributed by atoms with van der Waals surface area (Å²) in [7, 11) is 0. The van der Waals surface area contributed by atoms with Crippen LogP contribution in [0.3, 0.4) is 0 Å². The predicted molar refractivity (Wildman–Crippen MR) is 141 cm³/mol. The number of amides is 2. The molecule has 0 aromatic heterocycles. The van der Waals surface area contributed by atoms with Crippen LogP contribution in [0.4, 0.5) is 0 Å².